The zero-order valence-electron chi connectivity index (χ0n) is 11.1. The Morgan fingerprint density at radius 3 is 2.75 bits per heavy atom. The van der Waals surface area contributed by atoms with Crippen molar-refractivity contribution in [2.45, 2.75) is 13.5 Å². The molecule has 2 aromatic rings. The molecule has 0 aliphatic rings. The van der Waals surface area contributed by atoms with E-state index in [1.54, 1.807) is 13.0 Å². The van der Waals surface area contributed by atoms with Crippen LogP contribution in [0.3, 0.4) is 0 Å². The van der Waals surface area contributed by atoms with Crippen LogP contribution in [0.25, 0.3) is 11.0 Å². The lowest BCUT2D eigenvalue weighted by molar-refractivity contribution is 0.0697. The Balaban J connectivity index is 2.30. The number of hydrogen-bond acceptors (Lipinski definition) is 4. The van der Waals surface area contributed by atoms with Crippen molar-refractivity contribution in [3.8, 4) is 0 Å². The molecular weight excluding hydrogens is 282 g/mol. The maximum Gasteiger partial charge on any atom is 0.335 e. The molecule has 0 fully saturated rings. The molecule has 0 atom stereocenters. The second-order valence-corrected chi connectivity index (χ2v) is 6.32. The van der Waals surface area contributed by atoms with Crippen molar-refractivity contribution in [3.63, 3.8) is 0 Å². The summed E-state index contributed by atoms with van der Waals surface area (Å²) in [5.41, 5.74) is 1.54. The van der Waals surface area contributed by atoms with Crippen molar-refractivity contribution in [2.24, 2.45) is 0 Å². The topological polar surface area (TPSA) is 101 Å². The largest absolute Gasteiger partial charge is 0.478 e. The summed E-state index contributed by atoms with van der Waals surface area (Å²) in [6.07, 6.45) is 1.10. The van der Waals surface area contributed by atoms with Crippen molar-refractivity contribution < 1.29 is 18.3 Å². The predicted octanol–water partition coefficient (Wildman–Crippen LogP) is 0.592. The lowest BCUT2D eigenvalue weighted by Gasteiger charge is -2.07. The van der Waals surface area contributed by atoms with Gasteiger partial charge >= 0.3 is 5.97 Å². The number of sulfonamides is 1. The van der Waals surface area contributed by atoms with Crippen molar-refractivity contribution in [3.05, 3.63) is 29.6 Å². The lowest BCUT2D eigenvalue weighted by atomic mass is 10.2. The van der Waals surface area contributed by atoms with Crippen LogP contribution in [-0.2, 0) is 16.6 Å². The van der Waals surface area contributed by atoms with Crippen LogP contribution in [0.2, 0.25) is 0 Å². The number of carboxylic acid groups (broad SMARTS) is 1. The molecule has 7 nitrogen and oxygen atoms in total. The number of aromatic nitrogens is 2. The van der Waals surface area contributed by atoms with Crippen LogP contribution in [0.1, 0.15) is 16.2 Å². The zero-order chi connectivity index (χ0) is 14.9. The third kappa shape index (κ3) is 3.14. The standard InChI is InChI=1S/C12H15N3O4S/c1-8-14-10-7-9(12(16)17)3-4-11(10)15(8)6-5-13-20(2,18)19/h3-4,7,13H,5-6H2,1-2H3,(H,16,17). The summed E-state index contributed by atoms with van der Waals surface area (Å²) in [6, 6.07) is 4.69. The maximum atomic E-state index is 11.0. The third-order valence-electron chi connectivity index (χ3n) is 2.89. The predicted molar refractivity (Wildman–Crippen MR) is 74.3 cm³/mol. The number of aryl methyl sites for hydroxylation is 1. The van der Waals surface area contributed by atoms with Crippen LogP contribution >= 0.6 is 0 Å². The first kappa shape index (κ1) is 14.5. The molecular formula is C12H15N3O4S. The summed E-state index contributed by atoms with van der Waals surface area (Å²) in [5, 5.41) is 8.94. The van der Waals surface area contributed by atoms with Crippen LogP contribution in [-0.4, -0.2) is 41.8 Å². The normalized spacial score (nSPS) is 11.9. The number of fused-ring (bicyclic) bond motifs is 1. The maximum absolute atomic E-state index is 11.0. The highest BCUT2D eigenvalue weighted by Gasteiger charge is 2.11. The first-order valence-corrected chi connectivity index (χ1v) is 7.82. The number of carboxylic acids is 1. The number of rotatable bonds is 5. The van der Waals surface area contributed by atoms with E-state index in [0.717, 1.165) is 11.8 Å². The van der Waals surface area contributed by atoms with Gasteiger partial charge in [-0.1, -0.05) is 0 Å². The van der Waals surface area contributed by atoms with Gasteiger partial charge in [0.15, 0.2) is 0 Å². The molecule has 1 heterocycles. The Labute approximate surface area is 116 Å². The van der Waals surface area contributed by atoms with E-state index >= 15 is 0 Å². The molecule has 0 saturated heterocycles. The number of hydrogen-bond donors (Lipinski definition) is 2. The monoisotopic (exact) mass is 297 g/mol. The number of benzene rings is 1. The lowest BCUT2D eigenvalue weighted by Crippen LogP contribution is -2.26. The number of aromatic carboxylic acids is 1. The molecule has 0 unspecified atom stereocenters. The van der Waals surface area contributed by atoms with Gasteiger partial charge in [0.25, 0.3) is 0 Å². The minimum atomic E-state index is -3.22. The van der Waals surface area contributed by atoms with Gasteiger partial charge in [0.2, 0.25) is 10.0 Å². The third-order valence-corrected chi connectivity index (χ3v) is 3.61. The quantitative estimate of drug-likeness (QED) is 0.841. The summed E-state index contributed by atoms with van der Waals surface area (Å²) in [4.78, 5) is 15.2. The molecule has 2 N–H and O–H groups in total. The van der Waals surface area contributed by atoms with Gasteiger partial charge in [-0.05, 0) is 25.1 Å². The summed E-state index contributed by atoms with van der Waals surface area (Å²) >= 11 is 0. The number of imidazole rings is 1. The first-order chi connectivity index (χ1) is 9.28. The summed E-state index contributed by atoms with van der Waals surface area (Å²) in [7, 11) is -3.22. The zero-order valence-corrected chi connectivity index (χ0v) is 11.9. The summed E-state index contributed by atoms with van der Waals surface area (Å²) in [5.74, 6) is -0.296. The SMILES string of the molecule is Cc1nc2cc(C(=O)O)ccc2n1CCNS(C)(=O)=O. The molecule has 0 aliphatic carbocycles. The van der Waals surface area contributed by atoms with E-state index in [1.807, 2.05) is 4.57 Å². The molecule has 0 spiro atoms. The van der Waals surface area contributed by atoms with E-state index in [4.69, 9.17) is 5.11 Å². The van der Waals surface area contributed by atoms with Gasteiger partial charge in [0, 0.05) is 13.1 Å². The van der Waals surface area contributed by atoms with Gasteiger partial charge in [-0.3, -0.25) is 0 Å². The molecule has 1 aromatic carbocycles. The second kappa shape index (κ2) is 5.22. The average molecular weight is 297 g/mol. The first-order valence-electron chi connectivity index (χ1n) is 5.93. The summed E-state index contributed by atoms with van der Waals surface area (Å²) in [6.45, 7) is 2.48. The van der Waals surface area contributed by atoms with E-state index < -0.39 is 16.0 Å². The molecule has 1 aromatic heterocycles. The number of nitrogens with one attached hydrogen (secondary N) is 1. The van der Waals surface area contributed by atoms with E-state index in [9.17, 15) is 13.2 Å². The fraction of sp³-hybridized carbons (Fsp3) is 0.333. The van der Waals surface area contributed by atoms with E-state index in [-0.39, 0.29) is 12.1 Å². The van der Waals surface area contributed by atoms with Crippen LogP contribution in [0, 0.1) is 6.92 Å². The molecule has 8 heteroatoms. The highest BCUT2D eigenvalue weighted by atomic mass is 32.2. The Bertz CT molecular complexity index is 764. The van der Waals surface area contributed by atoms with E-state index in [0.29, 0.717) is 17.9 Å². The molecule has 0 saturated carbocycles. The van der Waals surface area contributed by atoms with Gasteiger partial charge in [0.05, 0.1) is 22.9 Å². The van der Waals surface area contributed by atoms with E-state index in [1.165, 1.54) is 12.1 Å². The highest BCUT2D eigenvalue weighted by Crippen LogP contribution is 2.17. The van der Waals surface area contributed by atoms with Crippen LogP contribution in [0.5, 0.6) is 0 Å². The van der Waals surface area contributed by atoms with E-state index in [2.05, 4.69) is 9.71 Å². The fourth-order valence-corrected chi connectivity index (χ4v) is 2.47. The van der Waals surface area contributed by atoms with Gasteiger partial charge in [0.1, 0.15) is 5.82 Å². The molecule has 2 rings (SSSR count). The van der Waals surface area contributed by atoms with Gasteiger partial charge in [-0.25, -0.2) is 22.9 Å². The van der Waals surface area contributed by atoms with Crippen LogP contribution in [0.15, 0.2) is 18.2 Å². The van der Waals surface area contributed by atoms with Crippen molar-refractivity contribution in [1.29, 1.82) is 0 Å². The van der Waals surface area contributed by atoms with Crippen LogP contribution < -0.4 is 4.72 Å². The molecule has 0 bridgehead atoms. The van der Waals surface area contributed by atoms with Crippen molar-refractivity contribution in [2.75, 3.05) is 12.8 Å². The Morgan fingerprint density at radius 1 is 1.45 bits per heavy atom. The van der Waals surface area contributed by atoms with Crippen LogP contribution in [0.4, 0.5) is 0 Å². The van der Waals surface area contributed by atoms with Crippen molar-refractivity contribution in [1.82, 2.24) is 14.3 Å². The van der Waals surface area contributed by atoms with Crippen molar-refractivity contribution >= 4 is 27.0 Å². The Hall–Kier alpha value is -1.93. The molecule has 20 heavy (non-hydrogen) atoms. The smallest absolute Gasteiger partial charge is 0.335 e. The highest BCUT2D eigenvalue weighted by molar-refractivity contribution is 7.88. The fourth-order valence-electron chi connectivity index (χ4n) is 2.01. The Kier molecular flexibility index (Phi) is 3.78. The summed E-state index contributed by atoms with van der Waals surface area (Å²) < 4.78 is 26.3. The van der Waals surface area contributed by atoms with Gasteiger partial charge < -0.3 is 9.67 Å². The minimum Gasteiger partial charge on any atom is -0.478 e. The second-order valence-electron chi connectivity index (χ2n) is 4.49. The molecule has 0 radical (unpaired) electrons. The Morgan fingerprint density at radius 2 is 2.15 bits per heavy atom. The van der Waals surface area contributed by atoms with Gasteiger partial charge in [-0.15, -0.1) is 0 Å². The minimum absolute atomic E-state index is 0.177. The molecule has 0 amide bonds. The molecule has 108 valence electrons. The number of nitrogens with zero attached hydrogens (tertiary/aromatic N) is 2. The molecule has 0 aliphatic heterocycles. The number of carbonyl (C=O) groups is 1. The van der Waals surface area contributed by atoms with Gasteiger partial charge in [-0.2, -0.15) is 0 Å². The average Bonchev–Trinajstić information content (AvgIpc) is 2.63.